The topological polar surface area (TPSA) is 78.5 Å². The van der Waals surface area contributed by atoms with Crippen LogP contribution in [-0.4, -0.2) is 29.3 Å². The second-order valence-corrected chi connectivity index (χ2v) is 9.98. The Kier molecular flexibility index (Phi) is 5.57. The molecule has 2 aromatic carbocycles. The number of hydrogen-bond donors (Lipinski definition) is 2. The van der Waals surface area contributed by atoms with E-state index in [0.717, 1.165) is 35.3 Å². The summed E-state index contributed by atoms with van der Waals surface area (Å²) < 4.78 is 0. The van der Waals surface area contributed by atoms with Gasteiger partial charge in [0.15, 0.2) is 0 Å². The molecule has 6 heteroatoms. The lowest BCUT2D eigenvalue weighted by molar-refractivity contribution is -0.135. The minimum Gasteiger partial charge on any atom is -0.348 e. The number of urea groups is 1. The van der Waals surface area contributed by atoms with E-state index < -0.39 is 17.5 Å². The number of aryl methyl sites for hydroxylation is 1. The molecule has 32 heavy (non-hydrogen) atoms. The van der Waals surface area contributed by atoms with Crippen molar-refractivity contribution in [2.24, 2.45) is 0 Å². The van der Waals surface area contributed by atoms with Crippen molar-refractivity contribution < 1.29 is 14.4 Å². The van der Waals surface area contributed by atoms with Gasteiger partial charge >= 0.3 is 6.03 Å². The first-order chi connectivity index (χ1) is 15.1. The van der Waals surface area contributed by atoms with E-state index in [4.69, 9.17) is 0 Å². The first-order valence-electron chi connectivity index (χ1n) is 11.2. The van der Waals surface area contributed by atoms with Crippen LogP contribution in [0.1, 0.15) is 68.8 Å². The highest BCUT2D eigenvalue weighted by atomic mass is 16.2. The molecule has 4 amide bonds. The normalized spacial score (nSPS) is 23.0. The Morgan fingerprint density at radius 1 is 1.12 bits per heavy atom. The highest BCUT2D eigenvalue weighted by molar-refractivity contribution is 6.09. The molecule has 0 bridgehead atoms. The van der Waals surface area contributed by atoms with E-state index in [9.17, 15) is 14.4 Å². The molecule has 1 aliphatic heterocycles. The second kappa shape index (κ2) is 8.08. The van der Waals surface area contributed by atoms with Gasteiger partial charge in [0.05, 0.1) is 6.04 Å². The van der Waals surface area contributed by atoms with Gasteiger partial charge in [0.2, 0.25) is 5.91 Å². The molecule has 1 aliphatic carbocycles. The third-order valence-electron chi connectivity index (χ3n) is 6.61. The number of rotatable bonds is 4. The molecule has 1 heterocycles. The van der Waals surface area contributed by atoms with E-state index >= 15 is 0 Å². The maximum absolute atomic E-state index is 13.2. The number of nitrogens with zero attached hydrogens (tertiary/aromatic N) is 1. The van der Waals surface area contributed by atoms with Crippen molar-refractivity contribution >= 4 is 17.8 Å². The van der Waals surface area contributed by atoms with Crippen molar-refractivity contribution in [2.45, 2.75) is 64.0 Å². The molecule has 6 nitrogen and oxygen atoms in total. The summed E-state index contributed by atoms with van der Waals surface area (Å²) in [6.07, 6.45) is 2.84. The summed E-state index contributed by atoms with van der Waals surface area (Å²) in [6.45, 7) is 7.76. The number of nitrogens with one attached hydrogen (secondary N) is 2. The van der Waals surface area contributed by atoms with Gasteiger partial charge in [-0.1, -0.05) is 69.3 Å². The zero-order valence-corrected chi connectivity index (χ0v) is 19.2. The van der Waals surface area contributed by atoms with E-state index in [1.54, 1.807) is 6.92 Å². The number of benzene rings is 2. The number of imide groups is 1. The molecule has 1 fully saturated rings. The highest BCUT2D eigenvalue weighted by Crippen LogP contribution is 2.32. The summed E-state index contributed by atoms with van der Waals surface area (Å²) in [7, 11) is 0. The third kappa shape index (κ3) is 4.01. The quantitative estimate of drug-likeness (QED) is 0.717. The lowest BCUT2D eigenvalue weighted by atomic mass is 9.84. The summed E-state index contributed by atoms with van der Waals surface area (Å²) in [4.78, 5) is 39.6. The van der Waals surface area contributed by atoms with E-state index in [2.05, 4.69) is 37.5 Å². The Morgan fingerprint density at radius 3 is 2.50 bits per heavy atom. The Labute approximate surface area is 189 Å². The number of carbonyl (C=O) groups is 3. The van der Waals surface area contributed by atoms with Crippen LogP contribution in [0.4, 0.5) is 4.79 Å². The van der Waals surface area contributed by atoms with Crippen LogP contribution in [0.25, 0.3) is 0 Å². The minimum atomic E-state index is -1.19. The van der Waals surface area contributed by atoms with Gasteiger partial charge in [0, 0.05) is 0 Å². The van der Waals surface area contributed by atoms with Crippen molar-refractivity contribution in [1.29, 1.82) is 0 Å². The van der Waals surface area contributed by atoms with Gasteiger partial charge in [-0.3, -0.25) is 14.5 Å². The molecule has 0 aromatic heterocycles. The van der Waals surface area contributed by atoms with Gasteiger partial charge < -0.3 is 10.6 Å². The van der Waals surface area contributed by atoms with Gasteiger partial charge in [-0.25, -0.2) is 4.79 Å². The first-order valence-corrected chi connectivity index (χ1v) is 11.2. The van der Waals surface area contributed by atoms with Crippen molar-refractivity contribution in [2.75, 3.05) is 6.54 Å². The number of hydrogen-bond acceptors (Lipinski definition) is 3. The Bertz CT molecular complexity index is 1050. The van der Waals surface area contributed by atoms with E-state index in [1.807, 2.05) is 42.5 Å². The molecule has 168 valence electrons. The maximum Gasteiger partial charge on any atom is 0.325 e. The Balaban J connectivity index is 1.47. The second-order valence-electron chi connectivity index (χ2n) is 9.98. The predicted molar refractivity (Wildman–Crippen MR) is 123 cm³/mol. The van der Waals surface area contributed by atoms with Crippen molar-refractivity contribution in [3.05, 3.63) is 70.8 Å². The first kappa shape index (κ1) is 22.1. The van der Waals surface area contributed by atoms with Crippen LogP contribution in [-0.2, 0) is 27.0 Å². The molecule has 2 unspecified atom stereocenters. The zero-order chi connectivity index (χ0) is 23.1. The third-order valence-corrected chi connectivity index (χ3v) is 6.61. The van der Waals surface area contributed by atoms with Gasteiger partial charge in [-0.15, -0.1) is 0 Å². The zero-order valence-electron chi connectivity index (χ0n) is 19.2. The Hall–Kier alpha value is -3.15. The smallest absolute Gasteiger partial charge is 0.325 e. The number of fused-ring (bicyclic) bond motifs is 1. The van der Waals surface area contributed by atoms with Crippen LogP contribution in [0.5, 0.6) is 0 Å². The molecule has 0 saturated carbocycles. The predicted octanol–water partition coefficient (Wildman–Crippen LogP) is 3.94. The van der Waals surface area contributed by atoms with Crippen molar-refractivity contribution in [1.82, 2.24) is 15.5 Å². The van der Waals surface area contributed by atoms with Crippen LogP contribution in [0.2, 0.25) is 0 Å². The molecule has 0 spiro atoms. The van der Waals surface area contributed by atoms with Gasteiger partial charge in [-0.05, 0) is 53.9 Å². The minimum absolute atomic E-state index is 0.00969. The fourth-order valence-electron chi connectivity index (χ4n) is 4.63. The molecule has 2 aromatic rings. The number of amides is 4. The SMILES string of the molecule is CC(C)(C)c1ccc(C2(C)NC(=O)N(CC(=O)NC3CCCc4ccccc43)C2=O)cc1. The van der Waals surface area contributed by atoms with E-state index in [0.29, 0.717) is 5.56 Å². The molecule has 1 saturated heterocycles. The Morgan fingerprint density at radius 2 is 1.81 bits per heavy atom. The summed E-state index contributed by atoms with van der Waals surface area (Å²) in [5.41, 5.74) is 3.01. The van der Waals surface area contributed by atoms with Crippen LogP contribution >= 0.6 is 0 Å². The molecular weight excluding hydrogens is 402 g/mol. The lowest BCUT2D eigenvalue weighted by Gasteiger charge is -2.27. The summed E-state index contributed by atoms with van der Waals surface area (Å²) in [5, 5.41) is 5.81. The van der Waals surface area contributed by atoms with Crippen molar-refractivity contribution in [3.8, 4) is 0 Å². The molecule has 2 aliphatic rings. The average molecular weight is 434 g/mol. The lowest BCUT2D eigenvalue weighted by Crippen LogP contribution is -2.44. The maximum atomic E-state index is 13.2. The molecule has 0 radical (unpaired) electrons. The summed E-state index contributed by atoms with van der Waals surface area (Å²) >= 11 is 0. The summed E-state index contributed by atoms with van der Waals surface area (Å²) in [6, 6.07) is 15.2. The van der Waals surface area contributed by atoms with Crippen LogP contribution in [0.15, 0.2) is 48.5 Å². The molecule has 2 atom stereocenters. The average Bonchev–Trinajstić information content (AvgIpc) is 2.97. The standard InChI is InChI=1S/C26H31N3O3/c1-25(2,3)18-12-14-19(15-13-18)26(4)23(31)29(24(32)28-26)16-22(30)27-21-11-7-9-17-8-5-6-10-20(17)21/h5-6,8,10,12-15,21H,7,9,11,16H2,1-4H3,(H,27,30)(H,28,32). The fourth-order valence-corrected chi connectivity index (χ4v) is 4.63. The van der Waals surface area contributed by atoms with E-state index in [1.165, 1.54) is 5.56 Å². The van der Waals surface area contributed by atoms with Gasteiger partial charge in [0.25, 0.3) is 5.91 Å². The van der Waals surface area contributed by atoms with Crippen molar-refractivity contribution in [3.63, 3.8) is 0 Å². The molecule has 4 rings (SSSR count). The fraction of sp³-hybridized carbons (Fsp3) is 0.423. The van der Waals surface area contributed by atoms with Gasteiger partial charge in [-0.2, -0.15) is 0 Å². The van der Waals surface area contributed by atoms with Crippen LogP contribution in [0, 0.1) is 0 Å². The number of carbonyl (C=O) groups excluding carboxylic acids is 3. The van der Waals surface area contributed by atoms with Crippen LogP contribution in [0.3, 0.4) is 0 Å². The largest absolute Gasteiger partial charge is 0.348 e. The van der Waals surface area contributed by atoms with Crippen LogP contribution < -0.4 is 10.6 Å². The highest BCUT2D eigenvalue weighted by Gasteiger charge is 2.49. The van der Waals surface area contributed by atoms with Gasteiger partial charge in [0.1, 0.15) is 12.1 Å². The molecular formula is C26H31N3O3. The monoisotopic (exact) mass is 433 g/mol. The summed E-state index contributed by atoms with van der Waals surface area (Å²) in [5.74, 6) is -0.743. The molecule has 2 N–H and O–H groups in total. The van der Waals surface area contributed by atoms with E-state index in [-0.39, 0.29) is 23.9 Å².